The van der Waals surface area contributed by atoms with Crippen LogP contribution in [0, 0.1) is 0 Å². The van der Waals surface area contributed by atoms with E-state index in [1.54, 1.807) is 12.3 Å². The fraction of sp³-hybridized carbons (Fsp3) is 0.267. The third-order valence-corrected chi connectivity index (χ3v) is 3.31. The van der Waals surface area contributed by atoms with Crippen LogP contribution in [-0.4, -0.2) is 27.1 Å². The summed E-state index contributed by atoms with van der Waals surface area (Å²) in [7, 11) is 0. The van der Waals surface area contributed by atoms with Crippen molar-refractivity contribution in [2.75, 3.05) is 4.90 Å². The number of nitrogens with zero attached hydrogens (tertiary/aromatic N) is 3. The lowest BCUT2D eigenvalue weighted by Gasteiger charge is -2.23. The van der Waals surface area contributed by atoms with Gasteiger partial charge in [0, 0.05) is 25.0 Å². The summed E-state index contributed by atoms with van der Waals surface area (Å²) < 4.78 is 0. The van der Waals surface area contributed by atoms with E-state index >= 15 is 0 Å². The predicted molar refractivity (Wildman–Crippen MR) is 74.6 cm³/mol. The van der Waals surface area contributed by atoms with Crippen LogP contribution in [0.4, 0.5) is 5.82 Å². The lowest BCUT2D eigenvalue weighted by atomic mass is 10.2. The molecule has 102 valence electrons. The molecule has 2 aromatic heterocycles. The maximum atomic E-state index is 11.0. The molecule has 1 aliphatic rings. The van der Waals surface area contributed by atoms with E-state index < -0.39 is 5.97 Å². The zero-order chi connectivity index (χ0) is 13.9. The highest BCUT2D eigenvalue weighted by Crippen LogP contribution is 2.32. The number of rotatable bonds is 5. The molecule has 1 N–H and O–H groups in total. The Morgan fingerprint density at radius 1 is 1.30 bits per heavy atom. The molecule has 0 spiro atoms. The molecule has 2 heterocycles. The average Bonchev–Trinajstić information content (AvgIpc) is 3.30. The van der Waals surface area contributed by atoms with E-state index in [4.69, 9.17) is 5.11 Å². The van der Waals surface area contributed by atoms with E-state index in [2.05, 4.69) is 14.9 Å². The van der Waals surface area contributed by atoms with Gasteiger partial charge < -0.3 is 10.0 Å². The van der Waals surface area contributed by atoms with Crippen molar-refractivity contribution in [3.05, 3.63) is 54.0 Å². The molecule has 1 fully saturated rings. The van der Waals surface area contributed by atoms with Crippen molar-refractivity contribution < 1.29 is 9.90 Å². The van der Waals surface area contributed by atoms with E-state index in [0.717, 1.165) is 24.2 Å². The summed E-state index contributed by atoms with van der Waals surface area (Å²) in [6.45, 7) is 0.703. The number of hydrogen-bond acceptors (Lipinski definition) is 4. The second-order valence-electron chi connectivity index (χ2n) is 4.91. The summed E-state index contributed by atoms with van der Waals surface area (Å²) in [5.74, 6) is -0.278. The molecule has 20 heavy (non-hydrogen) atoms. The molecule has 2 aromatic rings. The van der Waals surface area contributed by atoms with Crippen molar-refractivity contribution in [2.24, 2.45) is 0 Å². The van der Waals surface area contributed by atoms with Crippen LogP contribution >= 0.6 is 0 Å². The predicted octanol–water partition coefficient (Wildman–Crippen LogP) is 2.34. The minimum Gasteiger partial charge on any atom is -0.477 e. The zero-order valence-corrected chi connectivity index (χ0v) is 10.9. The third kappa shape index (κ3) is 2.77. The van der Waals surface area contributed by atoms with Crippen molar-refractivity contribution in [1.29, 1.82) is 0 Å². The highest BCUT2D eigenvalue weighted by atomic mass is 16.4. The fourth-order valence-electron chi connectivity index (χ4n) is 2.17. The Morgan fingerprint density at radius 3 is 2.80 bits per heavy atom. The van der Waals surface area contributed by atoms with Crippen LogP contribution in [0.3, 0.4) is 0 Å². The topological polar surface area (TPSA) is 66.3 Å². The lowest BCUT2D eigenvalue weighted by Crippen LogP contribution is -2.26. The molecule has 0 radical (unpaired) electrons. The summed E-state index contributed by atoms with van der Waals surface area (Å²) in [5, 5.41) is 9.04. The van der Waals surface area contributed by atoms with Crippen LogP contribution in [0.5, 0.6) is 0 Å². The Bertz CT molecular complexity index is 612. The number of carboxylic acids is 1. The number of aromatic carboxylic acids is 1. The molecule has 0 bridgehead atoms. The van der Waals surface area contributed by atoms with Crippen LogP contribution in [-0.2, 0) is 6.54 Å². The normalized spacial score (nSPS) is 14.0. The van der Waals surface area contributed by atoms with Crippen LogP contribution in [0.2, 0.25) is 0 Å². The van der Waals surface area contributed by atoms with Crippen molar-refractivity contribution in [1.82, 2.24) is 9.97 Å². The second kappa shape index (κ2) is 5.28. The van der Waals surface area contributed by atoms with E-state index in [-0.39, 0.29) is 5.69 Å². The van der Waals surface area contributed by atoms with Gasteiger partial charge in [0.25, 0.3) is 0 Å². The minimum absolute atomic E-state index is 0.0827. The number of anilines is 1. The van der Waals surface area contributed by atoms with Crippen molar-refractivity contribution in [2.45, 2.75) is 25.4 Å². The second-order valence-corrected chi connectivity index (χ2v) is 4.91. The SMILES string of the molecule is O=C(O)c1cccc(N(Cc2cccnc2)C2CC2)n1. The van der Waals surface area contributed by atoms with Crippen LogP contribution in [0.1, 0.15) is 28.9 Å². The maximum absolute atomic E-state index is 11.0. The number of aromatic nitrogens is 2. The summed E-state index contributed by atoms with van der Waals surface area (Å²) in [6, 6.07) is 9.49. The molecule has 0 amide bonds. The van der Waals surface area contributed by atoms with Gasteiger partial charge >= 0.3 is 5.97 Å². The molecule has 5 nitrogen and oxygen atoms in total. The highest BCUT2D eigenvalue weighted by molar-refractivity contribution is 5.85. The lowest BCUT2D eigenvalue weighted by molar-refractivity contribution is 0.0690. The zero-order valence-electron chi connectivity index (χ0n) is 10.9. The molecular weight excluding hydrogens is 254 g/mol. The van der Waals surface area contributed by atoms with Gasteiger partial charge in [-0.3, -0.25) is 4.98 Å². The monoisotopic (exact) mass is 269 g/mol. The molecule has 3 rings (SSSR count). The van der Waals surface area contributed by atoms with Gasteiger partial charge in [-0.1, -0.05) is 12.1 Å². The first-order chi connectivity index (χ1) is 9.74. The van der Waals surface area contributed by atoms with E-state index in [9.17, 15) is 4.79 Å². The van der Waals surface area contributed by atoms with Crippen molar-refractivity contribution in [3.63, 3.8) is 0 Å². The van der Waals surface area contributed by atoms with Gasteiger partial charge in [-0.15, -0.1) is 0 Å². The highest BCUT2D eigenvalue weighted by Gasteiger charge is 2.30. The maximum Gasteiger partial charge on any atom is 0.354 e. The van der Waals surface area contributed by atoms with Gasteiger partial charge in [0.2, 0.25) is 0 Å². The number of pyridine rings is 2. The van der Waals surface area contributed by atoms with Gasteiger partial charge in [0.05, 0.1) is 0 Å². The molecule has 5 heteroatoms. The minimum atomic E-state index is -0.996. The Morgan fingerprint density at radius 2 is 2.15 bits per heavy atom. The Labute approximate surface area is 116 Å². The molecular formula is C15H15N3O2. The van der Waals surface area contributed by atoms with Crippen molar-refractivity contribution in [3.8, 4) is 0 Å². The molecule has 0 atom stereocenters. The first kappa shape index (κ1) is 12.6. The Hall–Kier alpha value is -2.43. The van der Waals surface area contributed by atoms with Gasteiger partial charge in [-0.05, 0) is 36.6 Å². The standard InChI is InChI=1S/C15H15N3O2/c19-15(20)13-4-1-5-14(17-13)18(12-6-7-12)10-11-3-2-8-16-9-11/h1-5,8-9,12H,6-7,10H2,(H,19,20). The van der Waals surface area contributed by atoms with Crippen molar-refractivity contribution >= 4 is 11.8 Å². The third-order valence-electron chi connectivity index (χ3n) is 3.31. The average molecular weight is 269 g/mol. The van der Waals surface area contributed by atoms with Gasteiger partial charge in [-0.25, -0.2) is 9.78 Å². The fourth-order valence-corrected chi connectivity index (χ4v) is 2.17. The summed E-state index contributed by atoms with van der Waals surface area (Å²) >= 11 is 0. The van der Waals surface area contributed by atoms with E-state index in [1.807, 2.05) is 24.4 Å². The molecule has 0 unspecified atom stereocenters. The number of carbonyl (C=O) groups is 1. The van der Waals surface area contributed by atoms with E-state index in [1.165, 1.54) is 6.07 Å². The molecule has 0 aromatic carbocycles. The quantitative estimate of drug-likeness (QED) is 0.902. The summed E-state index contributed by atoms with van der Waals surface area (Å²) in [5.41, 5.74) is 1.18. The smallest absolute Gasteiger partial charge is 0.354 e. The molecule has 1 aliphatic carbocycles. The van der Waals surface area contributed by atoms with Gasteiger partial charge in [0.1, 0.15) is 5.82 Å². The van der Waals surface area contributed by atoms with Crippen LogP contribution in [0.15, 0.2) is 42.7 Å². The van der Waals surface area contributed by atoms with Crippen LogP contribution < -0.4 is 4.90 Å². The summed E-state index contributed by atoms with van der Waals surface area (Å²) in [4.78, 5) is 21.5. The molecule has 0 aliphatic heterocycles. The molecule has 1 saturated carbocycles. The number of hydrogen-bond donors (Lipinski definition) is 1. The number of carboxylic acid groups (broad SMARTS) is 1. The first-order valence-corrected chi connectivity index (χ1v) is 6.60. The van der Waals surface area contributed by atoms with E-state index in [0.29, 0.717) is 12.6 Å². The Balaban J connectivity index is 1.87. The van der Waals surface area contributed by atoms with Gasteiger partial charge in [0.15, 0.2) is 5.69 Å². The molecule has 0 saturated heterocycles. The Kier molecular flexibility index (Phi) is 3.33. The van der Waals surface area contributed by atoms with Crippen LogP contribution in [0.25, 0.3) is 0 Å². The van der Waals surface area contributed by atoms with Gasteiger partial charge in [-0.2, -0.15) is 0 Å². The largest absolute Gasteiger partial charge is 0.477 e. The summed E-state index contributed by atoms with van der Waals surface area (Å²) in [6.07, 6.45) is 5.82. The first-order valence-electron chi connectivity index (χ1n) is 6.60.